The maximum Gasteiger partial charge on any atom is 0.220 e. The minimum absolute atomic E-state index is 0.0703. The largest absolute Gasteiger partial charge is 0.496 e. The SMILES string of the molecule is COc1ccccc1C1CN(S(C)(=O)=O)CCN1C(C)=O. The van der Waals surface area contributed by atoms with Crippen molar-refractivity contribution < 1.29 is 17.9 Å². The molecule has 116 valence electrons. The molecule has 1 aliphatic heterocycles. The summed E-state index contributed by atoms with van der Waals surface area (Å²) in [4.78, 5) is 13.5. The summed E-state index contributed by atoms with van der Waals surface area (Å²) in [7, 11) is -1.72. The van der Waals surface area contributed by atoms with Crippen molar-refractivity contribution >= 4 is 15.9 Å². The summed E-state index contributed by atoms with van der Waals surface area (Å²) >= 11 is 0. The quantitative estimate of drug-likeness (QED) is 0.830. The maximum absolute atomic E-state index is 11.9. The topological polar surface area (TPSA) is 66.9 Å². The van der Waals surface area contributed by atoms with Gasteiger partial charge >= 0.3 is 0 Å². The smallest absolute Gasteiger partial charge is 0.220 e. The van der Waals surface area contributed by atoms with E-state index in [-0.39, 0.29) is 18.5 Å². The Labute approximate surface area is 125 Å². The van der Waals surface area contributed by atoms with Crippen molar-refractivity contribution in [2.45, 2.75) is 13.0 Å². The number of carbonyl (C=O) groups excluding carboxylic acids is 1. The number of amides is 1. The van der Waals surface area contributed by atoms with Crippen molar-refractivity contribution in [2.75, 3.05) is 33.0 Å². The fourth-order valence-electron chi connectivity index (χ4n) is 2.64. The highest BCUT2D eigenvalue weighted by atomic mass is 32.2. The number of hydrogen-bond donors (Lipinski definition) is 0. The molecule has 7 heteroatoms. The first-order valence-electron chi connectivity index (χ1n) is 6.70. The van der Waals surface area contributed by atoms with Gasteiger partial charge in [0.05, 0.1) is 19.4 Å². The molecular formula is C14H20N2O4S. The molecule has 1 aromatic rings. The van der Waals surface area contributed by atoms with Gasteiger partial charge in [-0.15, -0.1) is 0 Å². The highest BCUT2D eigenvalue weighted by molar-refractivity contribution is 7.88. The predicted octanol–water partition coefficient (Wildman–Crippen LogP) is 0.860. The highest BCUT2D eigenvalue weighted by Gasteiger charge is 2.34. The molecule has 0 aliphatic carbocycles. The number of ether oxygens (including phenoxy) is 1. The second-order valence-electron chi connectivity index (χ2n) is 5.09. The molecule has 1 saturated heterocycles. The maximum atomic E-state index is 11.9. The standard InChI is InChI=1S/C14H20N2O4S/c1-11(17)16-9-8-15(21(3,18)19)10-13(16)12-6-4-5-7-14(12)20-2/h4-7,13H,8-10H2,1-3H3. The molecule has 1 amide bonds. The number of piperazine rings is 1. The summed E-state index contributed by atoms with van der Waals surface area (Å²) in [5, 5.41) is 0. The van der Waals surface area contributed by atoms with Crippen LogP contribution in [-0.4, -0.2) is 56.5 Å². The second kappa shape index (κ2) is 6.03. The van der Waals surface area contributed by atoms with Crippen LogP contribution in [0.2, 0.25) is 0 Å². The molecule has 1 aromatic carbocycles. The Morgan fingerprint density at radius 1 is 1.29 bits per heavy atom. The Morgan fingerprint density at radius 2 is 1.95 bits per heavy atom. The van der Waals surface area contributed by atoms with Crippen molar-refractivity contribution in [1.29, 1.82) is 0 Å². The van der Waals surface area contributed by atoms with Gasteiger partial charge in [-0.05, 0) is 6.07 Å². The molecule has 6 nitrogen and oxygen atoms in total. The minimum atomic E-state index is -3.28. The van der Waals surface area contributed by atoms with Gasteiger partial charge in [0.1, 0.15) is 5.75 Å². The highest BCUT2D eigenvalue weighted by Crippen LogP contribution is 2.32. The Bertz CT molecular complexity index is 630. The Morgan fingerprint density at radius 3 is 2.52 bits per heavy atom. The summed E-state index contributed by atoms with van der Waals surface area (Å²) in [6.45, 7) is 2.45. The lowest BCUT2D eigenvalue weighted by molar-refractivity contribution is -0.133. The summed E-state index contributed by atoms with van der Waals surface area (Å²) in [5.41, 5.74) is 0.823. The van der Waals surface area contributed by atoms with Crippen molar-refractivity contribution in [3.8, 4) is 5.75 Å². The first kappa shape index (κ1) is 15.8. The number of nitrogens with zero attached hydrogens (tertiary/aromatic N) is 2. The third-order valence-electron chi connectivity index (χ3n) is 3.71. The van der Waals surface area contributed by atoms with Crippen LogP contribution in [0.15, 0.2) is 24.3 Å². The number of sulfonamides is 1. The van der Waals surface area contributed by atoms with E-state index in [2.05, 4.69) is 0 Å². The molecule has 21 heavy (non-hydrogen) atoms. The number of hydrogen-bond acceptors (Lipinski definition) is 4. The molecule has 0 spiro atoms. The van der Waals surface area contributed by atoms with Crippen LogP contribution in [0.5, 0.6) is 5.75 Å². The first-order valence-corrected chi connectivity index (χ1v) is 8.54. The Hall–Kier alpha value is -1.60. The van der Waals surface area contributed by atoms with E-state index in [1.165, 1.54) is 17.5 Å². The number of rotatable bonds is 3. The fourth-order valence-corrected chi connectivity index (χ4v) is 3.47. The van der Waals surface area contributed by atoms with Crippen LogP contribution in [-0.2, 0) is 14.8 Å². The van der Waals surface area contributed by atoms with Crippen LogP contribution < -0.4 is 4.74 Å². The van der Waals surface area contributed by atoms with Crippen molar-refractivity contribution in [2.24, 2.45) is 0 Å². The van der Waals surface area contributed by atoms with Gasteiger partial charge in [-0.2, -0.15) is 4.31 Å². The van der Waals surface area contributed by atoms with Crippen LogP contribution in [0.25, 0.3) is 0 Å². The van der Waals surface area contributed by atoms with Gasteiger partial charge in [0.25, 0.3) is 0 Å². The van der Waals surface area contributed by atoms with E-state index in [0.29, 0.717) is 18.8 Å². The average molecular weight is 312 g/mol. The van der Waals surface area contributed by atoms with Gasteiger partial charge in [0, 0.05) is 32.1 Å². The normalized spacial score (nSPS) is 20.3. The molecule has 1 fully saturated rings. The zero-order chi connectivity index (χ0) is 15.6. The van der Waals surface area contributed by atoms with Crippen molar-refractivity contribution in [3.05, 3.63) is 29.8 Å². The molecule has 0 aromatic heterocycles. The zero-order valence-corrected chi connectivity index (χ0v) is 13.3. The minimum Gasteiger partial charge on any atom is -0.496 e. The summed E-state index contributed by atoms with van der Waals surface area (Å²) < 4.78 is 30.3. The van der Waals surface area contributed by atoms with E-state index in [4.69, 9.17) is 4.74 Å². The van der Waals surface area contributed by atoms with Gasteiger partial charge in [-0.3, -0.25) is 4.79 Å². The molecular weight excluding hydrogens is 292 g/mol. The number of benzene rings is 1. The number of carbonyl (C=O) groups is 1. The van der Waals surface area contributed by atoms with Crippen LogP contribution in [0.3, 0.4) is 0 Å². The molecule has 1 atom stereocenters. The Balaban J connectivity index is 2.41. The van der Waals surface area contributed by atoms with Gasteiger partial charge in [0.15, 0.2) is 0 Å². The molecule has 1 heterocycles. The van der Waals surface area contributed by atoms with Gasteiger partial charge in [-0.25, -0.2) is 8.42 Å². The van der Waals surface area contributed by atoms with Crippen molar-refractivity contribution in [3.63, 3.8) is 0 Å². The zero-order valence-electron chi connectivity index (χ0n) is 12.4. The fraction of sp³-hybridized carbons (Fsp3) is 0.500. The summed E-state index contributed by atoms with van der Waals surface area (Å²) in [6.07, 6.45) is 1.19. The molecule has 0 bridgehead atoms. The lowest BCUT2D eigenvalue weighted by Gasteiger charge is -2.40. The van der Waals surface area contributed by atoms with Gasteiger partial charge in [0.2, 0.25) is 15.9 Å². The molecule has 2 rings (SSSR count). The third-order valence-corrected chi connectivity index (χ3v) is 4.98. The summed E-state index contributed by atoms with van der Waals surface area (Å²) in [5.74, 6) is 0.586. The van der Waals surface area contributed by atoms with E-state index in [1.807, 2.05) is 24.3 Å². The van der Waals surface area contributed by atoms with E-state index < -0.39 is 10.0 Å². The molecule has 1 aliphatic rings. The predicted molar refractivity (Wildman–Crippen MR) is 79.5 cm³/mol. The van der Waals surface area contributed by atoms with Crippen LogP contribution >= 0.6 is 0 Å². The summed E-state index contributed by atoms with van der Waals surface area (Å²) in [6, 6.07) is 7.05. The van der Waals surface area contributed by atoms with E-state index in [9.17, 15) is 13.2 Å². The van der Waals surface area contributed by atoms with Gasteiger partial charge < -0.3 is 9.64 Å². The lowest BCUT2D eigenvalue weighted by Crippen LogP contribution is -2.51. The molecule has 0 saturated carbocycles. The first-order chi connectivity index (χ1) is 9.84. The Kier molecular flexibility index (Phi) is 4.53. The molecule has 0 N–H and O–H groups in total. The number of para-hydroxylation sites is 1. The number of methoxy groups -OCH3 is 1. The van der Waals surface area contributed by atoms with Gasteiger partial charge in [-0.1, -0.05) is 18.2 Å². The van der Waals surface area contributed by atoms with E-state index in [1.54, 1.807) is 12.0 Å². The van der Waals surface area contributed by atoms with E-state index in [0.717, 1.165) is 5.56 Å². The average Bonchev–Trinajstić information content (AvgIpc) is 2.45. The monoisotopic (exact) mass is 312 g/mol. The second-order valence-corrected chi connectivity index (χ2v) is 7.07. The van der Waals surface area contributed by atoms with E-state index >= 15 is 0 Å². The van der Waals surface area contributed by atoms with Crippen LogP contribution in [0.4, 0.5) is 0 Å². The van der Waals surface area contributed by atoms with Crippen LogP contribution in [0, 0.1) is 0 Å². The van der Waals surface area contributed by atoms with Crippen molar-refractivity contribution in [1.82, 2.24) is 9.21 Å². The third kappa shape index (κ3) is 3.36. The molecule has 1 unspecified atom stereocenters. The molecule has 0 radical (unpaired) electrons. The van der Waals surface area contributed by atoms with Crippen LogP contribution in [0.1, 0.15) is 18.5 Å². The lowest BCUT2D eigenvalue weighted by atomic mass is 10.0.